The van der Waals surface area contributed by atoms with Gasteiger partial charge in [-0.05, 0) is 37.3 Å². The van der Waals surface area contributed by atoms with Gasteiger partial charge in [-0.25, -0.2) is 0 Å². The standard InChI is InChI=1S/C17H14Cl2N4O/c1-10-21-22-16(9-20)23(10)13-7-11(6-12(18)8-13)17(24)14-4-2-3-5-15(14)19/h2-8H,9,20H2,1H3. The lowest BCUT2D eigenvalue weighted by molar-refractivity contribution is 0.103. The number of nitrogens with zero attached hydrogens (tertiary/aromatic N) is 3. The zero-order valence-electron chi connectivity index (χ0n) is 12.8. The molecule has 2 N–H and O–H groups in total. The number of aromatic nitrogens is 3. The topological polar surface area (TPSA) is 73.8 Å². The Morgan fingerprint density at radius 3 is 2.62 bits per heavy atom. The Bertz CT molecular complexity index is 921. The first-order valence-electron chi connectivity index (χ1n) is 7.22. The maximum absolute atomic E-state index is 12.8. The van der Waals surface area contributed by atoms with E-state index in [1.165, 1.54) is 0 Å². The van der Waals surface area contributed by atoms with E-state index in [2.05, 4.69) is 10.2 Å². The van der Waals surface area contributed by atoms with Crippen molar-refractivity contribution in [3.63, 3.8) is 0 Å². The molecule has 0 aliphatic carbocycles. The van der Waals surface area contributed by atoms with Crippen LogP contribution in [0.2, 0.25) is 10.0 Å². The number of ketones is 1. The zero-order chi connectivity index (χ0) is 17.3. The van der Waals surface area contributed by atoms with Gasteiger partial charge in [-0.15, -0.1) is 10.2 Å². The molecule has 0 aliphatic rings. The molecular weight excluding hydrogens is 347 g/mol. The van der Waals surface area contributed by atoms with Crippen LogP contribution in [0.25, 0.3) is 5.69 Å². The van der Waals surface area contributed by atoms with Gasteiger partial charge < -0.3 is 5.73 Å². The Balaban J connectivity index is 2.12. The second-order valence-corrected chi connectivity index (χ2v) is 6.05. The first kappa shape index (κ1) is 16.6. The SMILES string of the molecule is Cc1nnc(CN)n1-c1cc(Cl)cc(C(=O)c2ccccc2Cl)c1. The molecule has 0 amide bonds. The number of hydrogen-bond acceptors (Lipinski definition) is 4. The van der Waals surface area contributed by atoms with Crippen molar-refractivity contribution in [2.45, 2.75) is 13.5 Å². The van der Waals surface area contributed by atoms with Crippen molar-refractivity contribution >= 4 is 29.0 Å². The molecule has 0 fully saturated rings. The van der Waals surface area contributed by atoms with E-state index in [1.54, 1.807) is 47.0 Å². The van der Waals surface area contributed by atoms with E-state index >= 15 is 0 Å². The highest BCUT2D eigenvalue weighted by atomic mass is 35.5. The fourth-order valence-electron chi connectivity index (χ4n) is 2.51. The smallest absolute Gasteiger partial charge is 0.194 e. The van der Waals surface area contributed by atoms with Crippen molar-refractivity contribution in [1.82, 2.24) is 14.8 Å². The highest BCUT2D eigenvalue weighted by Crippen LogP contribution is 2.25. The summed E-state index contributed by atoms with van der Waals surface area (Å²) in [4.78, 5) is 12.8. The molecule has 1 aromatic heterocycles. The largest absolute Gasteiger partial charge is 0.324 e. The van der Waals surface area contributed by atoms with Gasteiger partial charge in [0.1, 0.15) is 5.82 Å². The van der Waals surface area contributed by atoms with Crippen molar-refractivity contribution < 1.29 is 4.79 Å². The third kappa shape index (κ3) is 3.06. The zero-order valence-corrected chi connectivity index (χ0v) is 14.3. The van der Waals surface area contributed by atoms with Gasteiger partial charge in [0, 0.05) is 16.1 Å². The van der Waals surface area contributed by atoms with Gasteiger partial charge in [0.2, 0.25) is 0 Å². The molecule has 0 radical (unpaired) electrons. The number of carbonyl (C=O) groups excluding carboxylic acids is 1. The van der Waals surface area contributed by atoms with Crippen LogP contribution in [0, 0.1) is 6.92 Å². The highest BCUT2D eigenvalue weighted by Gasteiger charge is 2.16. The number of aryl methyl sites for hydroxylation is 1. The van der Waals surface area contributed by atoms with Crippen LogP contribution in [0.3, 0.4) is 0 Å². The molecule has 0 atom stereocenters. The third-order valence-electron chi connectivity index (χ3n) is 3.60. The summed E-state index contributed by atoms with van der Waals surface area (Å²) in [6.07, 6.45) is 0. The fraction of sp³-hybridized carbons (Fsp3) is 0.118. The summed E-state index contributed by atoms with van der Waals surface area (Å²) in [5.41, 5.74) is 7.24. The molecule has 24 heavy (non-hydrogen) atoms. The summed E-state index contributed by atoms with van der Waals surface area (Å²) >= 11 is 12.3. The predicted molar refractivity (Wildman–Crippen MR) is 93.9 cm³/mol. The summed E-state index contributed by atoms with van der Waals surface area (Å²) in [5.74, 6) is 1.05. The van der Waals surface area contributed by atoms with Crippen molar-refractivity contribution in [3.05, 3.63) is 75.3 Å². The molecule has 7 heteroatoms. The molecule has 122 valence electrons. The molecule has 0 unspecified atom stereocenters. The lowest BCUT2D eigenvalue weighted by atomic mass is 10.0. The van der Waals surface area contributed by atoms with E-state index in [0.29, 0.717) is 38.5 Å². The van der Waals surface area contributed by atoms with Crippen LogP contribution < -0.4 is 5.73 Å². The molecule has 1 heterocycles. The number of benzene rings is 2. The third-order valence-corrected chi connectivity index (χ3v) is 4.14. The van der Waals surface area contributed by atoms with Crippen LogP contribution in [-0.4, -0.2) is 20.5 Å². The van der Waals surface area contributed by atoms with Crippen molar-refractivity contribution in [3.8, 4) is 5.69 Å². The molecular formula is C17H14Cl2N4O. The van der Waals surface area contributed by atoms with E-state index in [4.69, 9.17) is 28.9 Å². The second-order valence-electron chi connectivity index (χ2n) is 5.21. The van der Waals surface area contributed by atoms with Crippen LogP contribution in [-0.2, 0) is 6.54 Å². The van der Waals surface area contributed by atoms with Gasteiger partial charge in [0.05, 0.1) is 17.3 Å². The summed E-state index contributed by atoms with van der Waals surface area (Å²) in [6.45, 7) is 2.03. The Morgan fingerprint density at radius 2 is 1.92 bits per heavy atom. The maximum Gasteiger partial charge on any atom is 0.194 e. The minimum Gasteiger partial charge on any atom is -0.324 e. The minimum atomic E-state index is -0.204. The molecule has 2 aromatic carbocycles. The summed E-state index contributed by atoms with van der Waals surface area (Å²) < 4.78 is 1.77. The van der Waals surface area contributed by atoms with Gasteiger partial charge >= 0.3 is 0 Å². The van der Waals surface area contributed by atoms with E-state index in [0.717, 1.165) is 0 Å². The van der Waals surface area contributed by atoms with E-state index in [1.807, 2.05) is 6.92 Å². The van der Waals surface area contributed by atoms with Crippen LogP contribution in [0.4, 0.5) is 0 Å². The summed E-state index contributed by atoms with van der Waals surface area (Å²) in [7, 11) is 0. The number of hydrogen-bond donors (Lipinski definition) is 1. The normalized spacial score (nSPS) is 10.8. The Hall–Kier alpha value is -2.21. The van der Waals surface area contributed by atoms with Crippen LogP contribution in [0.15, 0.2) is 42.5 Å². The molecule has 0 saturated heterocycles. The molecule has 5 nitrogen and oxygen atoms in total. The second kappa shape index (κ2) is 6.73. The van der Waals surface area contributed by atoms with Crippen molar-refractivity contribution in [2.24, 2.45) is 5.73 Å². The van der Waals surface area contributed by atoms with Crippen LogP contribution in [0.5, 0.6) is 0 Å². The Kier molecular flexibility index (Phi) is 4.66. The maximum atomic E-state index is 12.8. The predicted octanol–water partition coefficient (Wildman–Crippen LogP) is 3.57. The van der Waals surface area contributed by atoms with Crippen molar-refractivity contribution in [2.75, 3.05) is 0 Å². The summed E-state index contributed by atoms with van der Waals surface area (Å²) in [6, 6.07) is 12.0. The molecule has 0 bridgehead atoms. The molecule has 0 spiro atoms. The van der Waals surface area contributed by atoms with Gasteiger partial charge in [-0.1, -0.05) is 35.3 Å². The summed E-state index contributed by atoms with van der Waals surface area (Å²) in [5, 5.41) is 8.88. The average molecular weight is 361 g/mol. The molecule has 3 rings (SSSR count). The van der Waals surface area contributed by atoms with Gasteiger partial charge in [-0.3, -0.25) is 9.36 Å². The number of rotatable bonds is 4. The van der Waals surface area contributed by atoms with Gasteiger partial charge in [0.15, 0.2) is 11.6 Å². The fourth-order valence-corrected chi connectivity index (χ4v) is 2.96. The first-order chi connectivity index (χ1) is 11.5. The van der Waals surface area contributed by atoms with Crippen LogP contribution >= 0.6 is 23.2 Å². The van der Waals surface area contributed by atoms with E-state index in [-0.39, 0.29) is 12.3 Å². The lowest BCUT2D eigenvalue weighted by Gasteiger charge is -2.11. The number of halogens is 2. The van der Waals surface area contributed by atoms with Crippen LogP contribution in [0.1, 0.15) is 27.6 Å². The van der Waals surface area contributed by atoms with Gasteiger partial charge in [-0.2, -0.15) is 0 Å². The molecule has 3 aromatic rings. The number of carbonyl (C=O) groups is 1. The Labute approximate surface area is 149 Å². The minimum absolute atomic E-state index is 0.204. The molecule has 0 aliphatic heterocycles. The quantitative estimate of drug-likeness (QED) is 0.721. The number of nitrogens with two attached hydrogens (primary N) is 1. The van der Waals surface area contributed by atoms with E-state index in [9.17, 15) is 4.79 Å². The first-order valence-corrected chi connectivity index (χ1v) is 7.98. The highest BCUT2D eigenvalue weighted by molar-refractivity contribution is 6.35. The molecule has 0 saturated carbocycles. The monoisotopic (exact) mass is 360 g/mol. The van der Waals surface area contributed by atoms with E-state index < -0.39 is 0 Å². The van der Waals surface area contributed by atoms with Gasteiger partial charge in [0.25, 0.3) is 0 Å². The average Bonchev–Trinajstić information content (AvgIpc) is 2.95. The lowest BCUT2D eigenvalue weighted by Crippen LogP contribution is -2.09. The van der Waals surface area contributed by atoms with Crippen molar-refractivity contribution in [1.29, 1.82) is 0 Å². The Morgan fingerprint density at radius 1 is 1.17 bits per heavy atom.